The van der Waals surface area contributed by atoms with Gasteiger partial charge in [-0.1, -0.05) is 46.5 Å². The zero-order valence-corrected chi connectivity index (χ0v) is 17.3. The van der Waals surface area contributed by atoms with Crippen molar-refractivity contribution < 1.29 is 8.85 Å². The lowest BCUT2D eigenvalue weighted by molar-refractivity contribution is -0.0285. The highest BCUT2D eigenvalue weighted by molar-refractivity contribution is 6.70. The first-order valence-corrected chi connectivity index (χ1v) is 15.9. The molecule has 1 rings (SSSR count). The van der Waals surface area contributed by atoms with Gasteiger partial charge in [0.05, 0.1) is 31.4 Å². The summed E-state index contributed by atoms with van der Waals surface area (Å²) < 4.78 is 15.1. The third-order valence-electron chi connectivity index (χ3n) is 2.92. The number of hydrogen-bond acceptors (Lipinski definition) is 4. The molecule has 0 atom stereocenters. The van der Waals surface area contributed by atoms with Gasteiger partial charge in [0.1, 0.15) is 0 Å². The minimum atomic E-state index is -1.74. The first kappa shape index (κ1) is 19.5. The van der Waals surface area contributed by atoms with E-state index in [0.717, 1.165) is 32.5 Å². The Bertz CT molecular complexity index is 217. The van der Waals surface area contributed by atoms with Gasteiger partial charge in [0, 0.05) is 0 Å². The molecule has 1 saturated heterocycles. The smallest absolute Gasteiger partial charge is 0.336 e. The molecule has 1 aliphatic heterocycles. The molecule has 0 bridgehead atoms. The summed E-state index contributed by atoms with van der Waals surface area (Å²) in [6, 6.07) is 1.12. The van der Waals surface area contributed by atoms with Gasteiger partial charge in [-0.25, -0.2) is 0 Å². The Kier molecular flexibility index (Phi) is 10.5. The normalized spacial score (nSPS) is 19.4. The molecule has 0 spiro atoms. The summed E-state index contributed by atoms with van der Waals surface area (Å²) in [5, 5.41) is 0. The van der Waals surface area contributed by atoms with Crippen LogP contribution >= 0.6 is 0 Å². The van der Waals surface area contributed by atoms with Crippen molar-refractivity contribution in [3.05, 3.63) is 0 Å². The van der Waals surface area contributed by atoms with Gasteiger partial charge in [0.15, 0.2) is 0 Å². The van der Waals surface area contributed by atoms with E-state index in [1.54, 1.807) is 0 Å². The molecule has 1 aliphatic rings. The highest BCUT2D eigenvalue weighted by Gasteiger charge is 2.34. The van der Waals surface area contributed by atoms with Crippen LogP contribution in [0.2, 0.25) is 38.8 Å². The molecule has 7 heteroatoms. The van der Waals surface area contributed by atoms with Crippen LogP contribution in [0.5, 0.6) is 0 Å². The molecule has 0 aromatic heterocycles. The highest BCUT2D eigenvalue weighted by Crippen LogP contribution is 2.19. The summed E-state index contributed by atoms with van der Waals surface area (Å²) in [6.07, 6.45) is 1.16. The van der Waals surface area contributed by atoms with Gasteiger partial charge >= 0.3 is 8.56 Å². The van der Waals surface area contributed by atoms with E-state index in [9.17, 15) is 0 Å². The molecule has 19 heavy (non-hydrogen) atoms. The van der Waals surface area contributed by atoms with E-state index in [0.29, 0.717) is 0 Å². The molecule has 116 valence electrons. The topological polar surface area (TPSA) is 33.7 Å². The molecule has 0 unspecified atom stereocenters. The van der Waals surface area contributed by atoms with Crippen LogP contribution in [0, 0.1) is 0 Å². The third-order valence-corrected chi connectivity index (χ3v) is 11.1. The van der Waals surface area contributed by atoms with Gasteiger partial charge in [0.2, 0.25) is 0 Å². The molecular weight excluding hydrogens is 288 g/mol. The SMILES string of the molecule is CCC[Si]1(C)OCN(CC)CO1.C[SiH](C)N[SiH](C)C. The fourth-order valence-electron chi connectivity index (χ4n) is 1.98. The average molecular weight is 323 g/mol. The van der Waals surface area contributed by atoms with Gasteiger partial charge < -0.3 is 13.5 Å². The molecule has 0 aromatic rings. The maximum atomic E-state index is 5.75. The minimum Gasteiger partial charge on any atom is -0.381 e. The Morgan fingerprint density at radius 2 is 1.53 bits per heavy atom. The molecule has 0 aromatic carbocycles. The van der Waals surface area contributed by atoms with Crippen LogP contribution in [0.15, 0.2) is 0 Å². The predicted molar refractivity (Wildman–Crippen MR) is 91.9 cm³/mol. The van der Waals surface area contributed by atoms with Crippen molar-refractivity contribution in [2.45, 2.75) is 59.0 Å². The van der Waals surface area contributed by atoms with E-state index in [2.05, 4.69) is 56.1 Å². The van der Waals surface area contributed by atoms with Crippen molar-refractivity contribution in [3.8, 4) is 0 Å². The molecular formula is C12H34N2O2Si3. The summed E-state index contributed by atoms with van der Waals surface area (Å²) >= 11 is 0. The highest BCUT2D eigenvalue weighted by atomic mass is 28.4. The first-order valence-electron chi connectivity index (χ1n) is 7.59. The van der Waals surface area contributed by atoms with E-state index in [1.165, 1.54) is 0 Å². The second-order valence-corrected chi connectivity index (χ2v) is 15.2. The van der Waals surface area contributed by atoms with Crippen molar-refractivity contribution in [2.75, 3.05) is 20.0 Å². The van der Waals surface area contributed by atoms with Crippen molar-refractivity contribution in [1.29, 1.82) is 0 Å². The minimum absolute atomic E-state index is 0.417. The number of nitrogens with zero attached hydrogens (tertiary/aromatic N) is 1. The van der Waals surface area contributed by atoms with E-state index >= 15 is 0 Å². The third kappa shape index (κ3) is 9.94. The quantitative estimate of drug-likeness (QED) is 0.788. The van der Waals surface area contributed by atoms with E-state index in [4.69, 9.17) is 8.85 Å². The fraction of sp³-hybridized carbons (Fsp3) is 1.00. The molecule has 4 nitrogen and oxygen atoms in total. The Morgan fingerprint density at radius 3 is 1.79 bits per heavy atom. The van der Waals surface area contributed by atoms with Crippen LogP contribution < -0.4 is 4.65 Å². The summed E-state index contributed by atoms with van der Waals surface area (Å²) in [6.45, 7) is 18.3. The lowest BCUT2D eigenvalue weighted by atomic mass is 10.6. The van der Waals surface area contributed by atoms with Gasteiger partial charge in [-0.05, 0) is 19.1 Å². The summed E-state index contributed by atoms with van der Waals surface area (Å²) in [5.41, 5.74) is 0. The summed E-state index contributed by atoms with van der Waals surface area (Å²) in [5.74, 6) is 0. The standard InChI is InChI=1S/C8H19NO2Si.C4H15NSi2/c1-4-6-12(3)10-7-9(5-2)8-11-12;1-6(2)5-7(3)4/h4-8H2,1-3H3;5-7H,1-4H3. The molecule has 0 saturated carbocycles. The van der Waals surface area contributed by atoms with E-state index in [-0.39, 0.29) is 0 Å². The predicted octanol–water partition coefficient (Wildman–Crippen LogP) is 2.29. The van der Waals surface area contributed by atoms with Crippen molar-refractivity contribution >= 4 is 26.5 Å². The van der Waals surface area contributed by atoms with Crippen LogP contribution in [-0.4, -0.2) is 51.4 Å². The van der Waals surface area contributed by atoms with Crippen LogP contribution in [0.1, 0.15) is 20.3 Å². The van der Waals surface area contributed by atoms with Crippen molar-refractivity contribution in [3.63, 3.8) is 0 Å². The Balaban J connectivity index is 0.000000399. The van der Waals surface area contributed by atoms with E-state index < -0.39 is 26.5 Å². The second kappa shape index (κ2) is 10.3. The first-order chi connectivity index (χ1) is 8.83. The van der Waals surface area contributed by atoms with E-state index in [1.807, 2.05) is 0 Å². The molecule has 0 radical (unpaired) electrons. The van der Waals surface area contributed by atoms with Gasteiger partial charge in [-0.15, -0.1) is 0 Å². The van der Waals surface area contributed by atoms with Gasteiger partial charge in [-0.2, -0.15) is 0 Å². The molecule has 1 fully saturated rings. The maximum Gasteiger partial charge on any atom is 0.336 e. The number of nitrogens with one attached hydrogen (secondary N) is 1. The number of rotatable bonds is 5. The summed E-state index contributed by atoms with van der Waals surface area (Å²) in [4.78, 5) is 2.16. The Morgan fingerprint density at radius 1 is 1.05 bits per heavy atom. The van der Waals surface area contributed by atoms with Gasteiger partial charge in [0.25, 0.3) is 0 Å². The van der Waals surface area contributed by atoms with Crippen LogP contribution in [0.25, 0.3) is 0 Å². The largest absolute Gasteiger partial charge is 0.381 e. The monoisotopic (exact) mass is 322 g/mol. The summed E-state index contributed by atoms with van der Waals surface area (Å²) in [7, 11) is -2.57. The second-order valence-electron chi connectivity index (χ2n) is 5.89. The number of hydrogen-bond donors (Lipinski definition) is 1. The zero-order chi connectivity index (χ0) is 14.9. The average Bonchev–Trinajstić information content (AvgIpc) is 2.29. The van der Waals surface area contributed by atoms with Crippen LogP contribution in [0.3, 0.4) is 0 Å². The van der Waals surface area contributed by atoms with Crippen molar-refractivity contribution in [2.24, 2.45) is 0 Å². The van der Waals surface area contributed by atoms with Crippen molar-refractivity contribution in [1.82, 2.24) is 9.55 Å². The molecule has 0 amide bonds. The Hall–Kier alpha value is 0.491. The van der Waals surface area contributed by atoms with Crippen LogP contribution in [0.4, 0.5) is 0 Å². The van der Waals surface area contributed by atoms with Crippen LogP contribution in [-0.2, 0) is 8.85 Å². The zero-order valence-electron chi connectivity index (χ0n) is 14.0. The molecule has 1 heterocycles. The van der Waals surface area contributed by atoms with Gasteiger partial charge in [-0.3, -0.25) is 4.90 Å². The lowest BCUT2D eigenvalue weighted by Crippen LogP contribution is -2.50. The lowest BCUT2D eigenvalue weighted by Gasteiger charge is -2.37. The fourth-order valence-corrected chi connectivity index (χ4v) is 9.51. The maximum absolute atomic E-state index is 5.75. The molecule has 0 aliphatic carbocycles. The Labute approximate surface area is 124 Å². The molecule has 1 N–H and O–H groups in total.